The molecule has 6 nitrogen and oxygen atoms in total. The van der Waals surface area contributed by atoms with Crippen LogP contribution in [0.25, 0.3) is 0 Å². The van der Waals surface area contributed by atoms with E-state index in [9.17, 15) is 13.2 Å². The van der Waals surface area contributed by atoms with Gasteiger partial charge in [0.2, 0.25) is 15.9 Å². The first kappa shape index (κ1) is 17.4. The van der Waals surface area contributed by atoms with Gasteiger partial charge >= 0.3 is 0 Å². The van der Waals surface area contributed by atoms with E-state index < -0.39 is 16.1 Å². The Balaban J connectivity index is 1.90. The quantitative estimate of drug-likeness (QED) is 0.838. The molecule has 0 bridgehead atoms. The topological polar surface area (TPSA) is 66.9 Å². The van der Waals surface area contributed by atoms with Crippen LogP contribution in [-0.4, -0.2) is 44.9 Å². The Kier molecular flexibility index (Phi) is 4.78. The molecule has 0 N–H and O–H groups in total. The number of benzene rings is 2. The molecule has 1 amide bonds. The number of sulfonamides is 1. The molecule has 2 aromatic rings. The molecule has 0 radical (unpaired) electrons. The van der Waals surface area contributed by atoms with E-state index >= 15 is 0 Å². The monoisotopic (exact) mass is 360 g/mol. The van der Waals surface area contributed by atoms with Gasteiger partial charge in [-0.1, -0.05) is 30.3 Å². The van der Waals surface area contributed by atoms with Crippen LogP contribution in [0, 0.1) is 0 Å². The summed E-state index contributed by atoms with van der Waals surface area (Å²) in [5, 5.41) is 0. The first-order valence-electron chi connectivity index (χ1n) is 7.98. The van der Waals surface area contributed by atoms with Gasteiger partial charge in [-0.15, -0.1) is 0 Å². The highest BCUT2D eigenvalue weighted by molar-refractivity contribution is 7.89. The number of ether oxygens (including phenoxy) is 1. The molecular weight excluding hydrogens is 340 g/mol. The van der Waals surface area contributed by atoms with E-state index in [-0.39, 0.29) is 23.9 Å². The minimum absolute atomic E-state index is 0.195. The summed E-state index contributed by atoms with van der Waals surface area (Å²) in [6.07, 6.45) is 0. The van der Waals surface area contributed by atoms with Crippen molar-refractivity contribution in [2.75, 3.05) is 25.1 Å². The second-order valence-electron chi connectivity index (χ2n) is 5.77. The van der Waals surface area contributed by atoms with Crippen molar-refractivity contribution in [2.45, 2.75) is 17.9 Å². The molecule has 0 saturated carbocycles. The Hall–Kier alpha value is -2.38. The number of para-hydroxylation sites is 2. The molecule has 1 aliphatic rings. The summed E-state index contributed by atoms with van der Waals surface area (Å²) in [5.41, 5.74) is 0.651. The fourth-order valence-corrected chi connectivity index (χ4v) is 4.60. The maximum Gasteiger partial charge on any atom is 0.245 e. The number of hydrogen-bond donors (Lipinski definition) is 0. The van der Waals surface area contributed by atoms with Crippen molar-refractivity contribution in [2.24, 2.45) is 0 Å². The number of carbonyl (C=O) groups is 1. The molecule has 0 aliphatic carbocycles. The van der Waals surface area contributed by atoms with Gasteiger partial charge in [-0.05, 0) is 31.2 Å². The van der Waals surface area contributed by atoms with Crippen molar-refractivity contribution in [3.8, 4) is 5.75 Å². The van der Waals surface area contributed by atoms with Gasteiger partial charge in [0.1, 0.15) is 11.8 Å². The maximum absolute atomic E-state index is 12.8. The third-order valence-electron chi connectivity index (χ3n) is 4.33. The molecule has 1 saturated heterocycles. The number of hydrogen-bond acceptors (Lipinski definition) is 4. The predicted molar refractivity (Wildman–Crippen MR) is 95.1 cm³/mol. The first-order chi connectivity index (χ1) is 12.0. The van der Waals surface area contributed by atoms with Gasteiger partial charge < -0.3 is 9.64 Å². The zero-order valence-corrected chi connectivity index (χ0v) is 14.9. The fourth-order valence-electron chi connectivity index (χ4n) is 3.00. The highest BCUT2D eigenvalue weighted by Crippen LogP contribution is 2.31. The number of piperazine rings is 1. The lowest BCUT2D eigenvalue weighted by atomic mass is 10.2. The van der Waals surface area contributed by atoms with Crippen molar-refractivity contribution < 1.29 is 17.9 Å². The van der Waals surface area contributed by atoms with E-state index in [1.165, 1.54) is 4.31 Å². The predicted octanol–water partition coefficient (Wildman–Crippen LogP) is 2.12. The van der Waals surface area contributed by atoms with Crippen LogP contribution >= 0.6 is 0 Å². The number of nitrogens with zero attached hydrogens (tertiary/aromatic N) is 2. The van der Waals surface area contributed by atoms with Crippen molar-refractivity contribution in [3.63, 3.8) is 0 Å². The normalized spacial score (nSPS) is 19.0. The minimum atomic E-state index is -3.71. The number of rotatable bonds is 4. The summed E-state index contributed by atoms with van der Waals surface area (Å²) in [6.45, 7) is 2.11. The average molecular weight is 360 g/mol. The summed E-state index contributed by atoms with van der Waals surface area (Å²) >= 11 is 0. The maximum atomic E-state index is 12.8. The molecule has 132 valence electrons. The summed E-state index contributed by atoms with van der Waals surface area (Å²) < 4.78 is 32.3. The van der Waals surface area contributed by atoms with Crippen LogP contribution in [0.2, 0.25) is 0 Å². The first-order valence-corrected chi connectivity index (χ1v) is 9.42. The molecule has 7 heteroatoms. The van der Waals surface area contributed by atoms with Gasteiger partial charge in [0.25, 0.3) is 0 Å². The Labute approximate surface area is 147 Å². The van der Waals surface area contributed by atoms with Gasteiger partial charge in [-0.2, -0.15) is 4.31 Å². The van der Waals surface area contributed by atoms with Crippen LogP contribution in [0.4, 0.5) is 5.69 Å². The molecule has 3 rings (SSSR count). The lowest BCUT2D eigenvalue weighted by molar-refractivity contribution is -0.123. The summed E-state index contributed by atoms with van der Waals surface area (Å²) in [6, 6.07) is 14.6. The Morgan fingerprint density at radius 3 is 2.32 bits per heavy atom. The third-order valence-corrected chi connectivity index (χ3v) is 6.31. The molecule has 0 aromatic heterocycles. The Morgan fingerprint density at radius 2 is 1.64 bits per heavy atom. The summed E-state index contributed by atoms with van der Waals surface area (Å²) in [4.78, 5) is 14.6. The highest BCUT2D eigenvalue weighted by Gasteiger charge is 2.40. The third kappa shape index (κ3) is 3.12. The van der Waals surface area contributed by atoms with E-state index in [1.54, 1.807) is 61.4 Å². The van der Waals surface area contributed by atoms with Gasteiger partial charge in [0.15, 0.2) is 0 Å². The van der Waals surface area contributed by atoms with Crippen molar-refractivity contribution in [1.82, 2.24) is 4.31 Å². The number of anilines is 1. The van der Waals surface area contributed by atoms with Gasteiger partial charge in [-0.3, -0.25) is 4.79 Å². The molecule has 25 heavy (non-hydrogen) atoms. The molecular formula is C18H20N2O4S. The smallest absolute Gasteiger partial charge is 0.245 e. The van der Waals surface area contributed by atoms with E-state index in [2.05, 4.69) is 0 Å². The molecule has 1 heterocycles. The lowest BCUT2D eigenvalue weighted by Gasteiger charge is -2.38. The average Bonchev–Trinajstić information content (AvgIpc) is 2.64. The van der Waals surface area contributed by atoms with Crippen LogP contribution in [0.15, 0.2) is 59.5 Å². The molecule has 2 aromatic carbocycles. The van der Waals surface area contributed by atoms with Crippen LogP contribution in [0.5, 0.6) is 5.75 Å². The molecule has 1 aliphatic heterocycles. The second-order valence-corrected chi connectivity index (χ2v) is 7.66. The SMILES string of the molecule is COc1ccccc1N1CCN(S(=O)(=O)c2ccccc2)C(C)C1=O. The van der Waals surface area contributed by atoms with Crippen LogP contribution in [-0.2, 0) is 14.8 Å². The Morgan fingerprint density at radius 1 is 1.00 bits per heavy atom. The second kappa shape index (κ2) is 6.85. The van der Waals surface area contributed by atoms with E-state index in [1.807, 2.05) is 12.1 Å². The Bertz CT molecular complexity index is 868. The molecule has 1 atom stereocenters. The number of methoxy groups -OCH3 is 1. The summed E-state index contributed by atoms with van der Waals surface area (Å²) in [5.74, 6) is 0.317. The fraction of sp³-hybridized carbons (Fsp3) is 0.278. The van der Waals surface area contributed by atoms with E-state index in [4.69, 9.17) is 4.74 Å². The van der Waals surface area contributed by atoms with E-state index in [0.29, 0.717) is 11.4 Å². The number of carbonyl (C=O) groups excluding carboxylic acids is 1. The summed E-state index contributed by atoms with van der Waals surface area (Å²) in [7, 11) is -2.17. The van der Waals surface area contributed by atoms with E-state index in [0.717, 1.165) is 0 Å². The van der Waals surface area contributed by atoms with Gasteiger partial charge in [-0.25, -0.2) is 8.42 Å². The minimum Gasteiger partial charge on any atom is -0.495 e. The standard InChI is InChI=1S/C18H20N2O4S/c1-14-18(21)19(16-10-6-7-11-17(16)24-2)12-13-20(14)25(22,23)15-8-4-3-5-9-15/h3-11,14H,12-13H2,1-2H3. The zero-order valence-electron chi connectivity index (χ0n) is 14.1. The molecule has 0 spiro atoms. The van der Waals surface area contributed by atoms with Gasteiger partial charge in [0, 0.05) is 13.1 Å². The van der Waals surface area contributed by atoms with Gasteiger partial charge in [0.05, 0.1) is 17.7 Å². The van der Waals surface area contributed by atoms with Crippen LogP contribution in [0.1, 0.15) is 6.92 Å². The highest BCUT2D eigenvalue weighted by atomic mass is 32.2. The van der Waals surface area contributed by atoms with Crippen molar-refractivity contribution >= 4 is 21.6 Å². The zero-order chi connectivity index (χ0) is 18.0. The lowest BCUT2D eigenvalue weighted by Crippen LogP contribution is -2.57. The van der Waals surface area contributed by atoms with Crippen molar-refractivity contribution in [3.05, 3.63) is 54.6 Å². The largest absolute Gasteiger partial charge is 0.495 e. The van der Waals surface area contributed by atoms with Crippen molar-refractivity contribution in [1.29, 1.82) is 0 Å². The molecule has 1 fully saturated rings. The van der Waals surface area contributed by atoms with Crippen LogP contribution < -0.4 is 9.64 Å². The van der Waals surface area contributed by atoms with Crippen LogP contribution in [0.3, 0.4) is 0 Å². The number of amides is 1. The molecule has 1 unspecified atom stereocenters.